The van der Waals surface area contributed by atoms with Gasteiger partial charge in [0.25, 0.3) is 0 Å². The highest BCUT2D eigenvalue weighted by Gasteiger charge is 2.24. The van der Waals surface area contributed by atoms with Gasteiger partial charge >= 0.3 is 0 Å². The van der Waals surface area contributed by atoms with Crippen LogP contribution in [0.2, 0.25) is 0 Å². The quantitative estimate of drug-likeness (QED) is 0.429. The van der Waals surface area contributed by atoms with Crippen LogP contribution in [0.4, 0.5) is 17.5 Å². The van der Waals surface area contributed by atoms with Crippen molar-refractivity contribution in [3.63, 3.8) is 0 Å². The van der Waals surface area contributed by atoms with E-state index in [2.05, 4.69) is 32.1 Å². The lowest BCUT2D eigenvalue weighted by Crippen LogP contribution is -2.42. The minimum absolute atomic E-state index is 0.265. The summed E-state index contributed by atoms with van der Waals surface area (Å²) >= 11 is 1.51. The Kier molecular flexibility index (Phi) is 5.96. The summed E-state index contributed by atoms with van der Waals surface area (Å²) in [7, 11) is 0.906. The smallest absolute Gasteiger partial charge is 0.229 e. The van der Waals surface area contributed by atoms with Crippen molar-refractivity contribution >= 4 is 49.8 Å². The second-order valence-corrected chi connectivity index (χ2v) is 11.3. The Morgan fingerprint density at radius 1 is 1.12 bits per heavy atom. The fraction of sp³-hybridized carbons (Fsp3) is 0.364. The molecule has 0 aliphatic carbocycles. The van der Waals surface area contributed by atoms with E-state index in [1.54, 1.807) is 36.1 Å². The Hall–Kier alpha value is -3.09. The van der Waals surface area contributed by atoms with Gasteiger partial charge in [-0.15, -0.1) is 11.3 Å². The van der Waals surface area contributed by atoms with Crippen molar-refractivity contribution in [2.24, 2.45) is 0 Å². The number of fused-ring (bicyclic) bond motifs is 1. The summed E-state index contributed by atoms with van der Waals surface area (Å²) in [6.07, 6.45) is 4.97. The molecule has 1 saturated heterocycles. The van der Waals surface area contributed by atoms with Gasteiger partial charge in [-0.1, -0.05) is 0 Å². The van der Waals surface area contributed by atoms with Gasteiger partial charge in [-0.25, -0.2) is 18.4 Å². The van der Waals surface area contributed by atoms with E-state index in [0.717, 1.165) is 31.7 Å². The molecule has 1 aliphatic rings. The first-order valence-corrected chi connectivity index (χ1v) is 13.8. The summed E-state index contributed by atoms with van der Waals surface area (Å²) in [5.74, 6) is 1.91. The molecule has 1 aliphatic heterocycles. The third kappa shape index (κ3) is 4.48. The van der Waals surface area contributed by atoms with Crippen LogP contribution < -0.4 is 10.2 Å². The number of nitrogens with zero attached hydrogens (tertiary/aromatic N) is 7. The van der Waals surface area contributed by atoms with Gasteiger partial charge in [0.15, 0.2) is 32.6 Å². The fourth-order valence-corrected chi connectivity index (χ4v) is 5.25. The van der Waals surface area contributed by atoms with Gasteiger partial charge in [-0.2, -0.15) is 9.97 Å². The number of imidazole rings is 1. The number of benzene rings is 1. The van der Waals surface area contributed by atoms with Crippen LogP contribution in [0.3, 0.4) is 0 Å². The summed E-state index contributed by atoms with van der Waals surface area (Å²) in [6.45, 7) is 2.07. The van der Waals surface area contributed by atoms with E-state index in [0.29, 0.717) is 34.7 Å². The summed E-state index contributed by atoms with van der Waals surface area (Å²) < 4.78 is 25.5. The average molecular weight is 499 g/mol. The zero-order chi connectivity index (χ0) is 23.9. The standard InChI is InChI=1S/C22H26N8O2S2/c1-28-10-8-16(9-11-28)29(2)22-26-20(25-15-4-6-17(7-5-15)34(3,31)32)19-21(27-22)30(13-23-19)18-12-33-14-24-18/h4-7,12-14,16H,8-11H2,1-3H3,(H,25,26,27). The Balaban J connectivity index is 1.55. The predicted octanol–water partition coefficient (Wildman–Crippen LogP) is 2.95. The van der Waals surface area contributed by atoms with E-state index in [9.17, 15) is 8.42 Å². The van der Waals surface area contributed by atoms with Crippen LogP contribution in [-0.4, -0.2) is 77.3 Å². The minimum Gasteiger partial charge on any atom is -0.341 e. The van der Waals surface area contributed by atoms with Crippen molar-refractivity contribution in [3.05, 3.63) is 41.5 Å². The van der Waals surface area contributed by atoms with Crippen molar-refractivity contribution in [2.45, 2.75) is 23.8 Å². The highest BCUT2D eigenvalue weighted by molar-refractivity contribution is 7.90. The largest absolute Gasteiger partial charge is 0.341 e. The van der Waals surface area contributed by atoms with E-state index >= 15 is 0 Å². The third-order valence-electron chi connectivity index (χ3n) is 6.15. The number of aromatic nitrogens is 5. The van der Waals surface area contributed by atoms with Crippen LogP contribution in [0.25, 0.3) is 17.0 Å². The van der Waals surface area contributed by atoms with Gasteiger partial charge in [0.05, 0.1) is 10.4 Å². The second kappa shape index (κ2) is 8.93. The molecule has 178 valence electrons. The SMILES string of the molecule is CN1CCC(N(C)c2nc(Nc3ccc(S(C)(=O)=O)cc3)c3ncn(-c4cscn4)c3n2)CC1. The molecule has 0 amide bonds. The van der Waals surface area contributed by atoms with E-state index in [4.69, 9.17) is 9.97 Å². The molecular formula is C22H26N8O2S2. The zero-order valence-electron chi connectivity index (χ0n) is 19.2. The lowest BCUT2D eigenvalue weighted by Gasteiger charge is -2.35. The molecule has 10 nitrogen and oxygen atoms in total. The molecule has 4 aromatic rings. The molecule has 4 heterocycles. The van der Waals surface area contributed by atoms with Gasteiger partial charge in [0.1, 0.15) is 6.33 Å². The second-order valence-electron chi connectivity index (χ2n) is 8.57. The topological polar surface area (TPSA) is 109 Å². The van der Waals surface area contributed by atoms with Crippen LogP contribution in [0, 0.1) is 0 Å². The van der Waals surface area contributed by atoms with Crippen LogP contribution >= 0.6 is 11.3 Å². The number of nitrogens with one attached hydrogen (secondary N) is 1. The summed E-state index contributed by atoms with van der Waals surface area (Å²) in [4.78, 5) is 23.4. The molecular weight excluding hydrogens is 472 g/mol. The summed E-state index contributed by atoms with van der Waals surface area (Å²) in [5.41, 5.74) is 3.76. The van der Waals surface area contributed by atoms with Crippen molar-refractivity contribution in [3.8, 4) is 5.82 Å². The van der Waals surface area contributed by atoms with Gasteiger partial charge in [-0.05, 0) is 57.2 Å². The van der Waals surface area contributed by atoms with Gasteiger partial charge in [-0.3, -0.25) is 4.57 Å². The number of sulfone groups is 1. The maximum Gasteiger partial charge on any atom is 0.229 e. The number of piperidine rings is 1. The molecule has 1 fully saturated rings. The molecule has 1 aromatic carbocycles. The van der Waals surface area contributed by atoms with Gasteiger partial charge in [0.2, 0.25) is 5.95 Å². The van der Waals surface area contributed by atoms with Crippen molar-refractivity contribution in [2.75, 3.05) is 43.7 Å². The third-order valence-corrected chi connectivity index (χ3v) is 7.85. The number of rotatable bonds is 6. The summed E-state index contributed by atoms with van der Waals surface area (Å²) in [6, 6.07) is 6.95. The molecule has 0 spiro atoms. The van der Waals surface area contributed by atoms with Crippen LogP contribution in [-0.2, 0) is 9.84 Å². The van der Waals surface area contributed by atoms with E-state index in [1.807, 2.05) is 17.0 Å². The van der Waals surface area contributed by atoms with Crippen LogP contribution in [0.15, 0.2) is 46.4 Å². The lowest BCUT2D eigenvalue weighted by molar-refractivity contribution is 0.252. The molecule has 0 radical (unpaired) electrons. The maximum atomic E-state index is 11.8. The molecule has 34 heavy (non-hydrogen) atoms. The van der Waals surface area contributed by atoms with Crippen LogP contribution in [0.1, 0.15) is 12.8 Å². The molecule has 1 N–H and O–H groups in total. The Morgan fingerprint density at radius 2 is 1.85 bits per heavy atom. The lowest BCUT2D eigenvalue weighted by atomic mass is 10.0. The first-order chi connectivity index (χ1) is 16.3. The van der Waals surface area contributed by atoms with E-state index in [-0.39, 0.29) is 4.90 Å². The number of likely N-dealkylation sites (tertiary alicyclic amines) is 1. The van der Waals surface area contributed by atoms with Gasteiger partial charge in [0, 0.05) is 30.4 Å². The summed E-state index contributed by atoms with van der Waals surface area (Å²) in [5, 5.41) is 5.26. The number of hydrogen-bond acceptors (Lipinski definition) is 10. The Labute approximate surface area is 202 Å². The maximum absolute atomic E-state index is 11.8. The molecule has 0 bridgehead atoms. The average Bonchev–Trinajstić information content (AvgIpc) is 3.49. The normalized spacial score (nSPS) is 15.6. The molecule has 12 heteroatoms. The molecule has 5 rings (SSSR count). The highest BCUT2D eigenvalue weighted by atomic mass is 32.2. The number of thiazole rings is 1. The predicted molar refractivity (Wildman–Crippen MR) is 134 cm³/mol. The first kappa shape index (κ1) is 22.7. The number of anilines is 3. The molecule has 0 atom stereocenters. The Bertz CT molecular complexity index is 1390. The van der Waals surface area contributed by atoms with E-state index in [1.165, 1.54) is 17.6 Å². The van der Waals surface area contributed by atoms with E-state index < -0.39 is 9.84 Å². The molecule has 0 unspecified atom stereocenters. The van der Waals surface area contributed by atoms with Crippen molar-refractivity contribution < 1.29 is 8.42 Å². The monoisotopic (exact) mass is 498 g/mol. The minimum atomic E-state index is -3.27. The van der Waals surface area contributed by atoms with Crippen LogP contribution in [0.5, 0.6) is 0 Å². The highest BCUT2D eigenvalue weighted by Crippen LogP contribution is 2.29. The number of hydrogen-bond donors (Lipinski definition) is 1. The first-order valence-electron chi connectivity index (χ1n) is 10.9. The van der Waals surface area contributed by atoms with Gasteiger partial charge < -0.3 is 15.1 Å². The zero-order valence-corrected chi connectivity index (χ0v) is 20.8. The molecule has 3 aromatic heterocycles. The Morgan fingerprint density at radius 3 is 2.50 bits per heavy atom. The van der Waals surface area contributed by atoms with Crippen molar-refractivity contribution in [1.82, 2.24) is 29.4 Å². The molecule has 0 saturated carbocycles. The fourth-order valence-electron chi connectivity index (χ4n) is 4.09. The van der Waals surface area contributed by atoms with Crippen molar-refractivity contribution in [1.29, 1.82) is 0 Å².